The van der Waals surface area contributed by atoms with Crippen LogP contribution < -0.4 is 9.80 Å². The average Bonchev–Trinajstić information content (AvgIpc) is 3.39. The molecule has 4 aliphatic rings. The third-order valence-electron chi connectivity index (χ3n) is 9.54. The quantitative estimate of drug-likeness (QED) is 0.0908. The molecule has 7 rings (SSSR count). The van der Waals surface area contributed by atoms with Gasteiger partial charge in [-0.1, -0.05) is 35.9 Å². The smallest absolute Gasteiger partial charge is 0.258 e. The van der Waals surface area contributed by atoms with Gasteiger partial charge in [0.1, 0.15) is 5.69 Å². The first-order valence-electron chi connectivity index (χ1n) is 14.1. The van der Waals surface area contributed by atoms with Gasteiger partial charge in [-0.3, -0.25) is 24.1 Å². The Bertz CT molecular complexity index is 1970. The highest BCUT2D eigenvalue weighted by atomic mass is 35.5. The second-order valence-electron chi connectivity index (χ2n) is 11.8. The maximum absolute atomic E-state index is 15.1. The molecule has 2 aliphatic carbocycles. The van der Waals surface area contributed by atoms with Gasteiger partial charge >= 0.3 is 0 Å². The average molecular weight is 695 g/mol. The second-order valence-corrected chi connectivity index (χ2v) is 13.0. The Morgan fingerprint density at radius 1 is 0.745 bits per heavy atom. The molecule has 3 aromatic rings. The predicted octanol–water partition coefficient (Wildman–Crippen LogP) is 5.99. The number of phenolic OH excluding ortho intramolecular Hbond substituents is 1. The minimum atomic E-state index is -2.80. The molecule has 1 saturated carbocycles. The fraction of sp³-hybridized carbons (Fsp3) is 0.250. The molecule has 3 aromatic carbocycles. The van der Waals surface area contributed by atoms with Crippen molar-refractivity contribution in [3.8, 4) is 5.75 Å². The third-order valence-corrected chi connectivity index (χ3v) is 11.0. The van der Waals surface area contributed by atoms with Gasteiger partial charge in [-0.2, -0.15) is 0 Å². The number of halogens is 8. The van der Waals surface area contributed by atoms with Crippen LogP contribution in [0.1, 0.15) is 24.3 Å². The van der Waals surface area contributed by atoms with Crippen LogP contribution in [-0.2, 0) is 19.2 Å². The monoisotopic (exact) mass is 694 g/mol. The van der Waals surface area contributed by atoms with Crippen molar-refractivity contribution >= 4 is 58.2 Å². The van der Waals surface area contributed by atoms with Crippen molar-refractivity contribution in [2.45, 2.75) is 28.5 Å². The van der Waals surface area contributed by atoms with Crippen molar-refractivity contribution in [2.24, 2.45) is 17.8 Å². The lowest BCUT2D eigenvalue weighted by molar-refractivity contribution is -0.125. The number of rotatable bonds is 3. The SMILES string of the molecule is O=C1[C@H]2[C@H](CC=C3[C@H]2C[C@@]2(Cl)C(=O)N(c4c(F)c(F)c(F)c(F)c4F)C(=O)[C@@]2(Cl)[C@H]3c2ccc(O)c(F)c2)C(=O)N1c1ccccc1. The molecule has 47 heavy (non-hydrogen) atoms. The van der Waals surface area contributed by atoms with Crippen molar-refractivity contribution in [2.75, 3.05) is 9.80 Å². The normalized spacial score (nSPS) is 30.0. The summed E-state index contributed by atoms with van der Waals surface area (Å²) in [6, 6.07) is 10.7. The molecule has 2 heterocycles. The minimum Gasteiger partial charge on any atom is -0.505 e. The fourth-order valence-electron chi connectivity index (χ4n) is 7.47. The number of amides is 4. The third kappa shape index (κ3) is 3.89. The van der Waals surface area contributed by atoms with Crippen LogP contribution in [0.5, 0.6) is 5.75 Å². The number of benzene rings is 3. The number of hydrogen-bond acceptors (Lipinski definition) is 5. The van der Waals surface area contributed by atoms with Crippen LogP contribution in [0.25, 0.3) is 0 Å². The number of alkyl halides is 2. The van der Waals surface area contributed by atoms with Gasteiger partial charge in [-0.25, -0.2) is 31.2 Å². The van der Waals surface area contributed by atoms with Gasteiger partial charge < -0.3 is 5.11 Å². The number of carbonyl (C=O) groups excluding carboxylic acids is 4. The number of aromatic hydroxyl groups is 1. The van der Waals surface area contributed by atoms with E-state index in [1.807, 2.05) is 0 Å². The highest BCUT2D eigenvalue weighted by Crippen LogP contribution is 2.66. The van der Waals surface area contributed by atoms with Crippen LogP contribution >= 0.6 is 23.2 Å². The maximum Gasteiger partial charge on any atom is 0.258 e. The molecule has 6 atom stereocenters. The molecule has 0 aromatic heterocycles. The molecule has 2 aliphatic heterocycles. The summed E-state index contributed by atoms with van der Waals surface area (Å²) in [5, 5.41) is 9.87. The van der Waals surface area contributed by atoms with Gasteiger partial charge in [-0.05, 0) is 48.6 Å². The summed E-state index contributed by atoms with van der Waals surface area (Å²) in [4.78, 5) is 51.0. The Balaban J connectivity index is 1.44. The number of phenols is 1. The molecule has 2 saturated heterocycles. The zero-order valence-corrected chi connectivity index (χ0v) is 24.9. The first-order valence-corrected chi connectivity index (χ1v) is 14.8. The van der Waals surface area contributed by atoms with E-state index in [0.717, 1.165) is 23.1 Å². The van der Waals surface area contributed by atoms with Crippen molar-refractivity contribution in [1.82, 2.24) is 0 Å². The van der Waals surface area contributed by atoms with E-state index in [-0.39, 0.29) is 28.1 Å². The molecule has 4 amide bonds. The summed E-state index contributed by atoms with van der Waals surface area (Å²) in [6.07, 6.45) is 0.716. The van der Waals surface area contributed by atoms with Gasteiger partial charge in [0, 0.05) is 5.92 Å². The highest BCUT2D eigenvalue weighted by molar-refractivity contribution is 6.58. The van der Waals surface area contributed by atoms with Gasteiger partial charge in [0.2, 0.25) is 17.6 Å². The Kier molecular flexibility index (Phi) is 6.86. The van der Waals surface area contributed by atoms with Gasteiger partial charge in [0.25, 0.3) is 11.8 Å². The zero-order chi connectivity index (χ0) is 33.9. The zero-order valence-electron chi connectivity index (χ0n) is 23.4. The number of para-hydroxylation sites is 1. The number of anilines is 2. The topological polar surface area (TPSA) is 95.0 Å². The largest absolute Gasteiger partial charge is 0.505 e. The number of allylic oxidation sites excluding steroid dienone is 2. The molecular weight excluding hydrogens is 677 g/mol. The van der Waals surface area contributed by atoms with Crippen LogP contribution in [-0.4, -0.2) is 38.5 Å². The van der Waals surface area contributed by atoms with E-state index in [1.165, 1.54) is 18.2 Å². The first-order chi connectivity index (χ1) is 22.2. The number of imide groups is 2. The number of nitrogens with zero attached hydrogens (tertiary/aromatic N) is 2. The summed E-state index contributed by atoms with van der Waals surface area (Å²) >= 11 is 14.0. The fourth-order valence-corrected chi connectivity index (χ4v) is 8.41. The highest BCUT2D eigenvalue weighted by Gasteiger charge is 2.77. The molecule has 0 spiro atoms. The van der Waals surface area contributed by atoms with Gasteiger partial charge in [0.05, 0.1) is 17.5 Å². The van der Waals surface area contributed by atoms with E-state index in [9.17, 15) is 41.8 Å². The van der Waals surface area contributed by atoms with Crippen molar-refractivity contribution in [1.29, 1.82) is 0 Å². The Morgan fingerprint density at radius 3 is 1.98 bits per heavy atom. The van der Waals surface area contributed by atoms with E-state index >= 15 is 8.78 Å². The summed E-state index contributed by atoms with van der Waals surface area (Å²) in [6.45, 7) is 0. The van der Waals surface area contributed by atoms with Crippen LogP contribution in [0.4, 0.5) is 37.7 Å². The molecule has 0 radical (unpaired) electrons. The summed E-state index contributed by atoms with van der Waals surface area (Å²) in [5.41, 5.74) is -1.69. The Morgan fingerprint density at radius 2 is 1.36 bits per heavy atom. The summed E-state index contributed by atoms with van der Waals surface area (Å²) in [5.74, 6) is -24.1. The molecule has 0 unspecified atom stereocenters. The van der Waals surface area contributed by atoms with E-state index in [2.05, 4.69) is 0 Å². The Labute approximate surface area is 271 Å². The standard InChI is InChI=1S/C32H18Cl2F6N2O5/c33-31-11-16-14(7-8-15-19(16)28(45)41(27(15)44)13-4-2-1-3-5-13)20(12-6-9-18(43)17(35)10-12)32(31,34)30(47)42(29(31)46)26-24(39)22(37)21(36)23(38)25(26)40/h1-7,9-10,15-16,19-20,43H,8,11H2/t15-,16+,19-,20-,31+,32-/m0/s1. The second kappa shape index (κ2) is 10.3. The van der Waals surface area contributed by atoms with Gasteiger partial charge in [-0.15, -0.1) is 23.2 Å². The number of fused-ring (bicyclic) bond motifs is 4. The van der Waals surface area contributed by atoms with Gasteiger partial charge in [0.15, 0.2) is 44.6 Å². The van der Waals surface area contributed by atoms with Crippen molar-refractivity contribution in [3.05, 3.63) is 101 Å². The molecule has 3 fully saturated rings. The minimum absolute atomic E-state index is 0.0762. The Hall–Kier alpha value is -4.36. The summed E-state index contributed by atoms with van der Waals surface area (Å²) < 4.78 is 87.5. The maximum atomic E-state index is 15.1. The van der Waals surface area contributed by atoms with Crippen LogP contribution in [0.15, 0.2) is 60.2 Å². The molecule has 15 heteroatoms. The van der Waals surface area contributed by atoms with E-state index in [0.29, 0.717) is 0 Å². The van der Waals surface area contributed by atoms with E-state index in [4.69, 9.17) is 23.2 Å². The molecular formula is C32H18Cl2F6N2O5. The number of carbonyl (C=O) groups is 4. The lowest BCUT2D eigenvalue weighted by Crippen LogP contribution is -2.60. The summed E-state index contributed by atoms with van der Waals surface area (Å²) in [7, 11) is 0. The van der Waals surface area contributed by atoms with Crippen LogP contribution in [0.2, 0.25) is 0 Å². The lowest BCUT2D eigenvalue weighted by atomic mass is 9.56. The molecule has 242 valence electrons. The number of hydrogen-bond donors (Lipinski definition) is 1. The predicted molar refractivity (Wildman–Crippen MR) is 153 cm³/mol. The van der Waals surface area contributed by atoms with Crippen molar-refractivity contribution in [3.63, 3.8) is 0 Å². The van der Waals surface area contributed by atoms with Crippen molar-refractivity contribution < 1.29 is 50.6 Å². The lowest BCUT2D eigenvalue weighted by Gasteiger charge is -2.50. The molecule has 0 bridgehead atoms. The van der Waals surface area contributed by atoms with E-state index in [1.54, 1.807) is 18.2 Å². The van der Waals surface area contributed by atoms with Crippen LogP contribution in [0.3, 0.4) is 0 Å². The first kappa shape index (κ1) is 31.3. The van der Waals surface area contributed by atoms with E-state index < -0.39 is 110 Å². The molecule has 1 N–H and O–H groups in total. The van der Waals surface area contributed by atoms with Crippen LogP contribution in [0, 0.1) is 52.7 Å². The molecule has 7 nitrogen and oxygen atoms in total.